The highest BCUT2D eigenvalue weighted by molar-refractivity contribution is 14.0. The van der Waals surface area contributed by atoms with Gasteiger partial charge in [-0.15, -0.1) is 35.3 Å². The summed E-state index contributed by atoms with van der Waals surface area (Å²) in [5.74, 6) is 2.24. The molecule has 1 saturated carbocycles. The lowest BCUT2D eigenvalue weighted by molar-refractivity contribution is 0.288. The van der Waals surface area contributed by atoms with Crippen LogP contribution < -0.4 is 15.4 Å². The van der Waals surface area contributed by atoms with Crippen molar-refractivity contribution in [3.05, 3.63) is 45.8 Å². The van der Waals surface area contributed by atoms with Gasteiger partial charge in [-0.3, -0.25) is 4.99 Å². The van der Waals surface area contributed by atoms with Crippen molar-refractivity contribution in [3.8, 4) is 5.88 Å². The molecule has 0 radical (unpaired) electrons. The molecule has 0 aromatic carbocycles. The van der Waals surface area contributed by atoms with Crippen molar-refractivity contribution in [2.75, 3.05) is 13.7 Å². The largest absolute Gasteiger partial charge is 0.477 e. The fourth-order valence-corrected chi connectivity index (χ4v) is 3.09. The number of aromatic nitrogens is 1. The molecule has 7 heteroatoms. The zero-order chi connectivity index (χ0) is 16.8. The van der Waals surface area contributed by atoms with Crippen LogP contribution in [0, 0.1) is 12.8 Å². The first kappa shape index (κ1) is 20.0. The summed E-state index contributed by atoms with van der Waals surface area (Å²) in [6, 6.07) is 6.11. The third kappa shape index (κ3) is 6.47. The molecular weight excluding hydrogens is 447 g/mol. The first-order valence-electron chi connectivity index (χ1n) is 8.30. The lowest BCUT2D eigenvalue weighted by atomic mass is 10.3. The number of thiophene rings is 1. The van der Waals surface area contributed by atoms with Gasteiger partial charge in [0.15, 0.2) is 5.96 Å². The predicted molar refractivity (Wildman–Crippen MR) is 114 cm³/mol. The van der Waals surface area contributed by atoms with Crippen LogP contribution >= 0.6 is 35.3 Å². The third-order valence-corrected chi connectivity index (χ3v) is 5.05. The fourth-order valence-electron chi connectivity index (χ4n) is 2.24. The molecule has 1 fully saturated rings. The summed E-state index contributed by atoms with van der Waals surface area (Å²) >= 11 is 1.76. The number of aliphatic imine (C=N–C) groups is 1. The standard InChI is InChI=1S/C18H24N4OS.HI/c1-13-7-8-24-16(13)11-22-18(19-2)21-10-15-5-6-17(20-9-15)23-12-14-3-4-14;/h5-9,14H,3-4,10-12H2,1-2H3,(H2,19,21,22);1H. The van der Waals surface area contributed by atoms with Crippen LogP contribution in [0.5, 0.6) is 5.88 Å². The molecule has 0 unspecified atom stereocenters. The van der Waals surface area contributed by atoms with Gasteiger partial charge in [-0.2, -0.15) is 0 Å². The zero-order valence-corrected chi connectivity index (χ0v) is 17.8. The van der Waals surface area contributed by atoms with E-state index in [1.54, 1.807) is 18.4 Å². The van der Waals surface area contributed by atoms with Crippen molar-refractivity contribution in [2.45, 2.75) is 32.9 Å². The maximum atomic E-state index is 5.66. The van der Waals surface area contributed by atoms with Gasteiger partial charge in [-0.1, -0.05) is 6.07 Å². The van der Waals surface area contributed by atoms with E-state index in [4.69, 9.17) is 4.74 Å². The molecule has 25 heavy (non-hydrogen) atoms. The summed E-state index contributed by atoms with van der Waals surface area (Å²) in [5, 5.41) is 8.76. The van der Waals surface area contributed by atoms with E-state index in [1.807, 2.05) is 18.3 Å². The molecule has 0 spiro atoms. The van der Waals surface area contributed by atoms with Crippen molar-refractivity contribution < 1.29 is 4.74 Å². The Morgan fingerprint density at radius 2 is 2.08 bits per heavy atom. The molecule has 136 valence electrons. The molecule has 2 heterocycles. The highest BCUT2D eigenvalue weighted by Crippen LogP contribution is 2.29. The number of hydrogen-bond donors (Lipinski definition) is 2. The van der Waals surface area contributed by atoms with E-state index in [1.165, 1.54) is 23.3 Å². The minimum Gasteiger partial charge on any atom is -0.477 e. The van der Waals surface area contributed by atoms with Crippen LogP contribution in [0.25, 0.3) is 0 Å². The summed E-state index contributed by atoms with van der Waals surface area (Å²) in [6.07, 6.45) is 4.43. The topological polar surface area (TPSA) is 58.5 Å². The van der Waals surface area contributed by atoms with Crippen molar-refractivity contribution in [1.82, 2.24) is 15.6 Å². The average Bonchev–Trinajstić information content (AvgIpc) is 3.35. The lowest BCUT2D eigenvalue weighted by Gasteiger charge is -2.12. The Balaban J connectivity index is 0.00000225. The number of guanidine groups is 1. The van der Waals surface area contributed by atoms with E-state index in [-0.39, 0.29) is 24.0 Å². The first-order chi connectivity index (χ1) is 11.7. The maximum Gasteiger partial charge on any atom is 0.213 e. The summed E-state index contributed by atoms with van der Waals surface area (Å²) in [4.78, 5) is 9.95. The second-order valence-electron chi connectivity index (χ2n) is 6.07. The molecular formula is C18H25IN4OS. The van der Waals surface area contributed by atoms with Gasteiger partial charge in [0.25, 0.3) is 0 Å². The van der Waals surface area contributed by atoms with Crippen LogP contribution in [0.1, 0.15) is 28.8 Å². The Hall–Kier alpha value is -1.35. The Morgan fingerprint density at radius 3 is 2.68 bits per heavy atom. The molecule has 0 aliphatic heterocycles. The lowest BCUT2D eigenvalue weighted by Crippen LogP contribution is -2.36. The SMILES string of the molecule is CN=C(NCc1ccc(OCC2CC2)nc1)NCc1sccc1C.I. The predicted octanol–water partition coefficient (Wildman–Crippen LogP) is 3.72. The monoisotopic (exact) mass is 472 g/mol. The number of aryl methyl sites for hydroxylation is 1. The third-order valence-electron chi connectivity index (χ3n) is 4.03. The van der Waals surface area contributed by atoms with Crippen molar-refractivity contribution in [1.29, 1.82) is 0 Å². The number of nitrogens with one attached hydrogen (secondary N) is 2. The van der Waals surface area contributed by atoms with Gasteiger partial charge in [0.05, 0.1) is 13.2 Å². The number of hydrogen-bond acceptors (Lipinski definition) is 4. The molecule has 0 bridgehead atoms. The number of halogens is 1. The van der Waals surface area contributed by atoms with E-state index in [9.17, 15) is 0 Å². The number of nitrogens with zero attached hydrogens (tertiary/aromatic N) is 2. The zero-order valence-electron chi connectivity index (χ0n) is 14.6. The Morgan fingerprint density at radius 1 is 1.28 bits per heavy atom. The number of rotatable bonds is 7. The quantitative estimate of drug-likeness (QED) is 0.367. The fraction of sp³-hybridized carbons (Fsp3) is 0.444. The second-order valence-corrected chi connectivity index (χ2v) is 7.07. The molecule has 2 aromatic heterocycles. The van der Waals surface area contributed by atoms with E-state index >= 15 is 0 Å². The van der Waals surface area contributed by atoms with E-state index in [0.717, 1.165) is 30.6 Å². The summed E-state index contributed by atoms with van der Waals surface area (Å²) in [7, 11) is 1.78. The normalized spacial score (nSPS) is 13.9. The van der Waals surface area contributed by atoms with Crippen molar-refractivity contribution >= 4 is 41.3 Å². The number of ether oxygens (including phenoxy) is 1. The summed E-state index contributed by atoms with van der Waals surface area (Å²) < 4.78 is 5.66. The molecule has 0 atom stereocenters. The minimum atomic E-state index is 0. The van der Waals surface area contributed by atoms with E-state index in [2.05, 4.69) is 39.0 Å². The molecule has 3 rings (SSSR count). The number of pyridine rings is 1. The Labute approximate surface area is 170 Å². The smallest absolute Gasteiger partial charge is 0.213 e. The van der Waals surface area contributed by atoms with Gasteiger partial charge in [0, 0.05) is 30.7 Å². The van der Waals surface area contributed by atoms with Gasteiger partial charge in [0.1, 0.15) is 0 Å². The van der Waals surface area contributed by atoms with Gasteiger partial charge in [-0.05, 0) is 48.3 Å². The first-order valence-corrected chi connectivity index (χ1v) is 9.18. The van der Waals surface area contributed by atoms with Gasteiger partial charge in [-0.25, -0.2) is 4.98 Å². The minimum absolute atomic E-state index is 0. The van der Waals surface area contributed by atoms with Crippen LogP contribution in [-0.4, -0.2) is 24.6 Å². The molecule has 1 aliphatic carbocycles. The molecule has 0 saturated heterocycles. The van der Waals surface area contributed by atoms with E-state index in [0.29, 0.717) is 12.4 Å². The van der Waals surface area contributed by atoms with Gasteiger partial charge in [0.2, 0.25) is 5.88 Å². The molecule has 2 aromatic rings. The highest BCUT2D eigenvalue weighted by atomic mass is 127. The summed E-state index contributed by atoms with van der Waals surface area (Å²) in [6.45, 7) is 4.39. The Bertz CT molecular complexity index is 683. The van der Waals surface area contributed by atoms with E-state index < -0.39 is 0 Å². The Kier molecular flexibility index (Phi) is 7.95. The van der Waals surface area contributed by atoms with Crippen LogP contribution in [0.3, 0.4) is 0 Å². The van der Waals surface area contributed by atoms with Crippen molar-refractivity contribution in [2.24, 2.45) is 10.9 Å². The van der Waals surface area contributed by atoms with Crippen LogP contribution in [0.2, 0.25) is 0 Å². The summed E-state index contributed by atoms with van der Waals surface area (Å²) in [5.41, 5.74) is 2.41. The van der Waals surface area contributed by atoms with Crippen molar-refractivity contribution in [3.63, 3.8) is 0 Å². The van der Waals surface area contributed by atoms with Gasteiger partial charge >= 0.3 is 0 Å². The molecule has 5 nitrogen and oxygen atoms in total. The average molecular weight is 472 g/mol. The molecule has 1 aliphatic rings. The van der Waals surface area contributed by atoms with Crippen LogP contribution in [0.4, 0.5) is 0 Å². The van der Waals surface area contributed by atoms with Crippen LogP contribution in [0.15, 0.2) is 34.8 Å². The van der Waals surface area contributed by atoms with Crippen LogP contribution in [-0.2, 0) is 13.1 Å². The molecule has 2 N–H and O–H groups in total. The maximum absolute atomic E-state index is 5.66. The van der Waals surface area contributed by atoms with Gasteiger partial charge < -0.3 is 15.4 Å². The molecule has 0 amide bonds. The second kappa shape index (κ2) is 9.96. The highest BCUT2D eigenvalue weighted by Gasteiger charge is 2.21.